The molecule has 0 aliphatic rings. The third kappa shape index (κ3) is 6.32. The van der Waals surface area contributed by atoms with Crippen LogP contribution in [0.15, 0.2) is 77.8 Å². The van der Waals surface area contributed by atoms with Crippen molar-refractivity contribution in [1.29, 1.82) is 0 Å². The zero-order valence-electron chi connectivity index (χ0n) is 20.6. The number of carbonyl (C=O) groups excluding carboxylic acids is 1. The van der Waals surface area contributed by atoms with Crippen LogP contribution in [0.25, 0.3) is 5.65 Å². The fraction of sp³-hybridized carbons (Fsp3) is 0.200. The Morgan fingerprint density at radius 1 is 1.05 bits per heavy atom. The molecule has 0 unspecified atom stereocenters. The molecule has 0 saturated heterocycles. The Morgan fingerprint density at radius 3 is 2.24 bits per heavy atom. The number of alkyl halides is 3. The Balaban J connectivity index is 0.00000400. The Labute approximate surface area is 239 Å². The third-order valence-corrected chi connectivity index (χ3v) is 7.24. The molecule has 0 aliphatic heterocycles. The molecular formula is C25H21F3N3NaO5S. The molecule has 13 heteroatoms. The molecule has 2 aromatic heterocycles. The number of aromatic carboxylic acids is 1. The molecule has 8 nitrogen and oxygen atoms in total. The summed E-state index contributed by atoms with van der Waals surface area (Å²) in [6.45, 7) is 3.49. The number of hydrogen-bond acceptors (Lipinski definition) is 6. The molecule has 4 rings (SSSR count). The van der Waals surface area contributed by atoms with E-state index >= 15 is 0 Å². The van der Waals surface area contributed by atoms with Gasteiger partial charge in [0, 0.05) is 6.20 Å². The number of anilines is 1. The maximum absolute atomic E-state index is 13.9. The summed E-state index contributed by atoms with van der Waals surface area (Å²) in [4.78, 5) is 15.5. The van der Waals surface area contributed by atoms with Crippen molar-refractivity contribution >= 4 is 27.5 Å². The van der Waals surface area contributed by atoms with Crippen molar-refractivity contribution in [3.05, 3.63) is 89.7 Å². The molecule has 2 heterocycles. The minimum atomic E-state index is -4.86. The van der Waals surface area contributed by atoms with E-state index in [9.17, 15) is 31.5 Å². The molecular weight excluding hydrogens is 534 g/mol. The van der Waals surface area contributed by atoms with Crippen molar-refractivity contribution in [2.45, 2.75) is 37.6 Å². The van der Waals surface area contributed by atoms with Gasteiger partial charge in [0.05, 0.1) is 23.1 Å². The van der Waals surface area contributed by atoms with E-state index in [-0.39, 0.29) is 58.3 Å². The van der Waals surface area contributed by atoms with Gasteiger partial charge in [-0.2, -0.15) is 0 Å². The van der Waals surface area contributed by atoms with Gasteiger partial charge in [-0.15, -0.1) is 13.2 Å². The average molecular weight is 556 g/mol. The zero-order chi connectivity index (χ0) is 27.0. The number of fused-ring (bicyclic) bond motifs is 1. The van der Waals surface area contributed by atoms with Crippen molar-refractivity contribution in [3.63, 3.8) is 0 Å². The van der Waals surface area contributed by atoms with Crippen LogP contribution < -0.4 is 43.7 Å². The van der Waals surface area contributed by atoms with Gasteiger partial charge in [0.2, 0.25) is 0 Å². The van der Waals surface area contributed by atoms with Gasteiger partial charge in [0.15, 0.2) is 5.82 Å². The van der Waals surface area contributed by atoms with Gasteiger partial charge in [-0.05, 0) is 53.4 Å². The molecule has 4 aromatic rings. The number of rotatable bonds is 8. The fourth-order valence-electron chi connectivity index (χ4n) is 3.85. The summed E-state index contributed by atoms with van der Waals surface area (Å²) in [6.07, 6.45) is -3.11. The van der Waals surface area contributed by atoms with E-state index in [1.54, 1.807) is 28.8 Å². The molecule has 0 spiro atoms. The molecule has 38 heavy (non-hydrogen) atoms. The number of hydrogen-bond donors (Lipinski definition) is 0. The number of aromatic nitrogens is 2. The average Bonchev–Trinajstić information content (AvgIpc) is 3.22. The number of carboxylic acid groups (broad SMARTS) is 1. The number of nitrogens with zero attached hydrogens (tertiary/aromatic N) is 3. The van der Waals surface area contributed by atoms with E-state index in [0.29, 0.717) is 16.9 Å². The van der Waals surface area contributed by atoms with E-state index in [0.717, 1.165) is 40.7 Å². The van der Waals surface area contributed by atoms with Gasteiger partial charge >= 0.3 is 35.9 Å². The first-order valence-electron chi connectivity index (χ1n) is 11.0. The summed E-state index contributed by atoms with van der Waals surface area (Å²) in [5.41, 5.74) is 1.28. The Kier molecular flexibility index (Phi) is 8.82. The van der Waals surface area contributed by atoms with Crippen molar-refractivity contribution in [2.75, 3.05) is 4.31 Å². The van der Waals surface area contributed by atoms with E-state index in [2.05, 4.69) is 9.72 Å². The first-order valence-corrected chi connectivity index (χ1v) is 12.5. The molecule has 0 aliphatic carbocycles. The Hall–Kier alpha value is -3.06. The summed E-state index contributed by atoms with van der Waals surface area (Å²) in [6, 6.07) is 14.6. The molecule has 194 valence electrons. The molecule has 0 N–H and O–H groups in total. The number of imidazole rings is 1. The number of benzene rings is 2. The number of carbonyl (C=O) groups is 1. The van der Waals surface area contributed by atoms with Crippen LogP contribution in [0.4, 0.5) is 19.0 Å². The SMILES string of the molecule is CC(C)c1c(N(Cc2ccc(OC(F)(F)F)cc2)S(=O)(=O)c2ccc(C(=O)[O-])cc2)nc2ccccn12.[Na+]. The van der Waals surface area contributed by atoms with Crippen LogP contribution in [-0.2, 0) is 16.6 Å². The quantitative estimate of drug-likeness (QED) is 0.302. The molecule has 2 aromatic carbocycles. The fourth-order valence-corrected chi connectivity index (χ4v) is 5.26. The van der Waals surface area contributed by atoms with Crippen molar-refractivity contribution in [1.82, 2.24) is 9.38 Å². The predicted octanol–water partition coefficient (Wildman–Crippen LogP) is 1.12. The largest absolute Gasteiger partial charge is 1.00 e. The summed E-state index contributed by atoms with van der Waals surface area (Å²) in [5.74, 6) is -1.92. The summed E-state index contributed by atoms with van der Waals surface area (Å²) >= 11 is 0. The maximum Gasteiger partial charge on any atom is 1.00 e. The second-order valence-corrected chi connectivity index (χ2v) is 10.3. The van der Waals surface area contributed by atoms with Gasteiger partial charge in [-0.25, -0.2) is 17.7 Å². The van der Waals surface area contributed by atoms with Crippen LogP contribution in [-0.4, -0.2) is 30.1 Å². The van der Waals surface area contributed by atoms with Gasteiger partial charge in [-0.3, -0.25) is 0 Å². The minimum absolute atomic E-state index is 0. The predicted molar refractivity (Wildman–Crippen MR) is 127 cm³/mol. The first kappa shape index (κ1) is 29.5. The summed E-state index contributed by atoms with van der Waals surface area (Å²) < 4.78 is 72.1. The van der Waals surface area contributed by atoms with E-state index < -0.39 is 28.1 Å². The van der Waals surface area contributed by atoms with Gasteiger partial charge in [0.1, 0.15) is 11.4 Å². The number of carboxylic acids is 1. The Bertz CT molecular complexity index is 1540. The molecule has 0 radical (unpaired) electrons. The monoisotopic (exact) mass is 555 g/mol. The van der Waals surface area contributed by atoms with Crippen molar-refractivity contribution in [3.8, 4) is 5.75 Å². The van der Waals surface area contributed by atoms with Crippen LogP contribution in [0, 0.1) is 0 Å². The molecule has 0 amide bonds. The minimum Gasteiger partial charge on any atom is -0.545 e. The van der Waals surface area contributed by atoms with Crippen LogP contribution in [0.1, 0.15) is 41.4 Å². The summed E-state index contributed by atoms with van der Waals surface area (Å²) in [5, 5.41) is 11.1. The van der Waals surface area contributed by atoms with Gasteiger partial charge in [0.25, 0.3) is 10.0 Å². The van der Waals surface area contributed by atoms with E-state index in [1.165, 1.54) is 12.1 Å². The number of halogens is 3. The van der Waals surface area contributed by atoms with E-state index in [4.69, 9.17) is 0 Å². The maximum atomic E-state index is 13.9. The smallest absolute Gasteiger partial charge is 0.545 e. The molecule has 0 saturated carbocycles. The van der Waals surface area contributed by atoms with Crippen molar-refractivity contribution < 1.29 is 65.8 Å². The topological polar surface area (TPSA) is 104 Å². The number of ether oxygens (including phenoxy) is 1. The second kappa shape index (κ2) is 11.4. The van der Waals surface area contributed by atoms with Gasteiger partial charge in [-0.1, -0.05) is 44.2 Å². The normalized spacial score (nSPS) is 11.8. The second-order valence-electron chi connectivity index (χ2n) is 8.42. The number of pyridine rings is 1. The van der Waals surface area contributed by atoms with Gasteiger partial charge < -0.3 is 19.0 Å². The van der Waals surface area contributed by atoms with Crippen LogP contribution >= 0.6 is 0 Å². The van der Waals surface area contributed by atoms with Crippen LogP contribution in [0.2, 0.25) is 0 Å². The summed E-state index contributed by atoms with van der Waals surface area (Å²) in [7, 11) is -4.30. The Morgan fingerprint density at radius 2 is 1.68 bits per heavy atom. The van der Waals surface area contributed by atoms with Crippen molar-refractivity contribution in [2.24, 2.45) is 0 Å². The molecule has 0 atom stereocenters. The van der Waals surface area contributed by atoms with Crippen LogP contribution in [0.5, 0.6) is 5.75 Å². The number of sulfonamides is 1. The molecule has 0 bridgehead atoms. The first-order chi connectivity index (χ1) is 17.4. The molecule has 0 fully saturated rings. The third-order valence-electron chi connectivity index (χ3n) is 5.49. The van der Waals surface area contributed by atoms with E-state index in [1.807, 2.05) is 13.8 Å². The zero-order valence-corrected chi connectivity index (χ0v) is 23.5. The van der Waals surface area contributed by atoms with Crippen LogP contribution in [0.3, 0.4) is 0 Å². The standard InChI is InChI=1S/C25H22F3N3O5S.Na/c1-16(2)22-23(29-21-5-3-4-14-30(21)22)31(15-17-6-10-19(11-7-17)36-25(26,27)28)37(34,35)20-12-8-18(9-13-20)24(32)33;/h3-14,16H,15H2,1-2H3,(H,32,33);/q;+1/p-1.